The fourth-order valence-corrected chi connectivity index (χ4v) is 2.17. The Labute approximate surface area is 148 Å². The number of halogens is 1. The maximum Gasteiger partial charge on any atom is 0.258 e. The monoisotopic (exact) mass is 345 g/mol. The van der Waals surface area contributed by atoms with Gasteiger partial charge in [0.15, 0.2) is 18.2 Å². The predicted octanol–water partition coefficient (Wildman–Crippen LogP) is 3.70. The van der Waals surface area contributed by atoms with Crippen molar-refractivity contribution in [3.05, 3.63) is 59.9 Å². The molecule has 4 nitrogen and oxygen atoms in total. The third kappa shape index (κ3) is 6.10. The molecule has 0 atom stereocenters. The lowest BCUT2D eigenvalue weighted by atomic mass is 9.87. The van der Waals surface area contributed by atoms with Crippen molar-refractivity contribution >= 4 is 5.91 Å². The lowest BCUT2D eigenvalue weighted by molar-refractivity contribution is -0.123. The van der Waals surface area contributed by atoms with Gasteiger partial charge in [-0.2, -0.15) is 0 Å². The molecule has 5 heteroatoms. The van der Waals surface area contributed by atoms with Gasteiger partial charge in [-0.05, 0) is 35.2 Å². The molecular weight excluding hydrogens is 321 g/mol. The van der Waals surface area contributed by atoms with E-state index in [0.717, 1.165) is 5.75 Å². The second-order valence-electron chi connectivity index (χ2n) is 6.69. The first-order valence-electron chi connectivity index (χ1n) is 8.23. The van der Waals surface area contributed by atoms with E-state index >= 15 is 0 Å². The number of para-hydroxylation sites is 1. The smallest absolute Gasteiger partial charge is 0.258 e. The lowest BCUT2D eigenvalue weighted by Crippen LogP contribution is -2.32. The Morgan fingerprint density at radius 3 is 2.36 bits per heavy atom. The number of nitrogens with one attached hydrogen (secondary N) is 1. The average molecular weight is 345 g/mol. The van der Waals surface area contributed by atoms with Crippen LogP contribution >= 0.6 is 0 Å². The van der Waals surface area contributed by atoms with Crippen LogP contribution in [0.2, 0.25) is 0 Å². The van der Waals surface area contributed by atoms with E-state index in [4.69, 9.17) is 9.47 Å². The van der Waals surface area contributed by atoms with E-state index in [2.05, 4.69) is 26.1 Å². The van der Waals surface area contributed by atoms with E-state index in [1.807, 2.05) is 24.3 Å². The number of benzene rings is 2. The second-order valence-corrected chi connectivity index (χ2v) is 6.69. The molecule has 0 aromatic heterocycles. The molecule has 2 rings (SSSR count). The largest absolute Gasteiger partial charge is 0.492 e. The first kappa shape index (κ1) is 18.8. The summed E-state index contributed by atoms with van der Waals surface area (Å²) in [5, 5.41) is 2.67. The molecule has 2 aromatic rings. The molecule has 1 amide bonds. The molecule has 2 aromatic carbocycles. The van der Waals surface area contributed by atoms with E-state index in [-0.39, 0.29) is 23.7 Å². The molecule has 134 valence electrons. The van der Waals surface area contributed by atoms with Gasteiger partial charge in [0, 0.05) is 0 Å². The summed E-state index contributed by atoms with van der Waals surface area (Å²) < 4.78 is 24.1. The van der Waals surface area contributed by atoms with Gasteiger partial charge in [-0.25, -0.2) is 4.39 Å². The van der Waals surface area contributed by atoms with Gasteiger partial charge in [-0.15, -0.1) is 0 Å². The van der Waals surface area contributed by atoms with Gasteiger partial charge >= 0.3 is 0 Å². The number of ether oxygens (including phenoxy) is 2. The molecule has 0 radical (unpaired) electrons. The zero-order valence-electron chi connectivity index (χ0n) is 14.8. The van der Waals surface area contributed by atoms with Crippen LogP contribution in [0.4, 0.5) is 4.39 Å². The minimum atomic E-state index is -0.489. The summed E-state index contributed by atoms with van der Waals surface area (Å²) >= 11 is 0. The molecule has 0 aliphatic rings. The summed E-state index contributed by atoms with van der Waals surface area (Å²) in [5.74, 6) is 0.00460. The molecule has 0 spiro atoms. The van der Waals surface area contributed by atoms with Crippen molar-refractivity contribution in [3.8, 4) is 11.5 Å². The Morgan fingerprint density at radius 1 is 1.04 bits per heavy atom. The molecule has 0 aliphatic heterocycles. The van der Waals surface area contributed by atoms with E-state index < -0.39 is 5.82 Å². The van der Waals surface area contributed by atoms with Gasteiger partial charge in [0.05, 0.1) is 6.54 Å². The van der Waals surface area contributed by atoms with Crippen LogP contribution in [0.1, 0.15) is 26.3 Å². The first-order chi connectivity index (χ1) is 11.9. The topological polar surface area (TPSA) is 47.6 Å². The van der Waals surface area contributed by atoms with Crippen molar-refractivity contribution in [2.45, 2.75) is 26.2 Å². The Hall–Kier alpha value is -2.56. The Bertz CT molecular complexity index is 693. The minimum absolute atomic E-state index is 0.0628. The zero-order valence-corrected chi connectivity index (χ0v) is 14.8. The van der Waals surface area contributed by atoms with Crippen molar-refractivity contribution in [1.29, 1.82) is 0 Å². The van der Waals surface area contributed by atoms with Crippen LogP contribution in [0, 0.1) is 5.82 Å². The van der Waals surface area contributed by atoms with Crippen LogP contribution in [-0.4, -0.2) is 25.7 Å². The Balaban J connectivity index is 1.67. The van der Waals surface area contributed by atoms with Crippen molar-refractivity contribution in [1.82, 2.24) is 5.32 Å². The number of carbonyl (C=O) groups excluding carboxylic acids is 1. The van der Waals surface area contributed by atoms with Crippen molar-refractivity contribution in [3.63, 3.8) is 0 Å². The van der Waals surface area contributed by atoms with E-state index in [0.29, 0.717) is 13.2 Å². The number of hydrogen-bond donors (Lipinski definition) is 1. The van der Waals surface area contributed by atoms with Gasteiger partial charge in [0.2, 0.25) is 0 Å². The maximum atomic E-state index is 13.4. The highest BCUT2D eigenvalue weighted by Gasteiger charge is 2.13. The van der Waals surface area contributed by atoms with E-state index in [1.165, 1.54) is 17.7 Å². The standard InChI is InChI=1S/C20H24FNO3/c1-20(2,3)15-8-10-16(11-9-15)24-13-12-22-19(23)14-25-18-7-5-4-6-17(18)21/h4-11H,12-14H2,1-3H3,(H,22,23). The zero-order chi connectivity index (χ0) is 18.3. The van der Waals surface area contributed by atoms with Crippen LogP contribution in [0.3, 0.4) is 0 Å². The summed E-state index contributed by atoms with van der Waals surface area (Å²) in [4.78, 5) is 11.7. The van der Waals surface area contributed by atoms with Crippen LogP contribution in [0.5, 0.6) is 11.5 Å². The lowest BCUT2D eigenvalue weighted by Gasteiger charge is -2.19. The average Bonchev–Trinajstić information content (AvgIpc) is 2.57. The normalized spacial score (nSPS) is 11.0. The highest BCUT2D eigenvalue weighted by atomic mass is 19.1. The summed E-state index contributed by atoms with van der Waals surface area (Å²) in [7, 11) is 0. The van der Waals surface area contributed by atoms with Crippen LogP contribution in [0.15, 0.2) is 48.5 Å². The fourth-order valence-electron chi connectivity index (χ4n) is 2.17. The van der Waals surface area contributed by atoms with Crippen LogP contribution < -0.4 is 14.8 Å². The molecule has 1 N–H and O–H groups in total. The molecule has 0 unspecified atom stereocenters. The SMILES string of the molecule is CC(C)(C)c1ccc(OCCNC(=O)COc2ccccc2F)cc1. The van der Waals surface area contributed by atoms with E-state index in [9.17, 15) is 9.18 Å². The van der Waals surface area contributed by atoms with Crippen molar-refractivity contribution in [2.75, 3.05) is 19.8 Å². The summed E-state index contributed by atoms with van der Waals surface area (Å²) in [5.41, 5.74) is 1.34. The van der Waals surface area contributed by atoms with Gasteiger partial charge in [-0.3, -0.25) is 4.79 Å². The number of amides is 1. The molecule has 0 saturated carbocycles. The maximum absolute atomic E-state index is 13.4. The summed E-state index contributed by atoms with van der Waals surface area (Å²) in [6.07, 6.45) is 0. The highest BCUT2D eigenvalue weighted by molar-refractivity contribution is 5.77. The summed E-state index contributed by atoms with van der Waals surface area (Å²) in [6, 6.07) is 13.9. The number of hydrogen-bond acceptors (Lipinski definition) is 3. The number of carbonyl (C=O) groups is 1. The van der Waals surface area contributed by atoms with Gasteiger partial charge in [0.25, 0.3) is 5.91 Å². The molecule has 0 fully saturated rings. The van der Waals surface area contributed by atoms with Crippen molar-refractivity contribution < 1.29 is 18.7 Å². The molecule has 25 heavy (non-hydrogen) atoms. The molecular formula is C20H24FNO3. The minimum Gasteiger partial charge on any atom is -0.492 e. The van der Waals surface area contributed by atoms with Gasteiger partial charge in [0.1, 0.15) is 12.4 Å². The van der Waals surface area contributed by atoms with Crippen molar-refractivity contribution in [2.24, 2.45) is 0 Å². The van der Waals surface area contributed by atoms with Gasteiger partial charge in [-0.1, -0.05) is 45.0 Å². The summed E-state index contributed by atoms with van der Waals surface area (Å²) in [6.45, 7) is 6.92. The third-order valence-corrected chi connectivity index (χ3v) is 3.61. The third-order valence-electron chi connectivity index (χ3n) is 3.61. The number of rotatable bonds is 7. The molecule has 0 heterocycles. The fraction of sp³-hybridized carbons (Fsp3) is 0.350. The first-order valence-corrected chi connectivity index (χ1v) is 8.23. The second kappa shape index (κ2) is 8.51. The Kier molecular flexibility index (Phi) is 6.39. The highest BCUT2D eigenvalue weighted by Crippen LogP contribution is 2.24. The molecule has 0 aliphatic carbocycles. The quantitative estimate of drug-likeness (QED) is 0.779. The van der Waals surface area contributed by atoms with E-state index in [1.54, 1.807) is 12.1 Å². The van der Waals surface area contributed by atoms with Crippen LogP contribution in [0.25, 0.3) is 0 Å². The van der Waals surface area contributed by atoms with Gasteiger partial charge < -0.3 is 14.8 Å². The molecule has 0 bridgehead atoms. The predicted molar refractivity (Wildman–Crippen MR) is 95.5 cm³/mol. The van der Waals surface area contributed by atoms with Crippen LogP contribution in [-0.2, 0) is 10.2 Å². The molecule has 0 saturated heterocycles. The Morgan fingerprint density at radius 2 is 1.72 bits per heavy atom.